The number of ether oxygens (including phenoxy) is 2. The summed E-state index contributed by atoms with van der Waals surface area (Å²) in [5.74, 6) is -0.00108. The van der Waals surface area contributed by atoms with E-state index >= 15 is 0 Å². The van der Waals surface area contributed by atoms with Crippen molar-refractivity contribution in [2.75, 3.05) is 13.7 Å². The van der Waals surface area contributed by atoms with Crippen LogP contribution in [0.5, 0.6) is 5.75 Å². The summed E-state index contributed by atoms with van der Waals surface area (Å²) in [5.41, 5.74) is 0.557. The second-order valence-corrected chi connectivity index (χ2v) is 8.14. The number of fused-ring (bicyclic) bond motifs is 1. The van der Waals surface area contributed by atoms with Crippen LogP contribution in [-0.4, -0.2) is 31.5 Å². The smallest absolute Gasteiger partial charge is 0.323 e. The minimum absolute atomic E-state index is 0.0108. The summed E-state index contributed by atoms with van der Waals surface area (Å²) >= 11 is 6.09. The van der Waals surface area contributed by atoms with Crippen molar-refractivity contribution < 1.29 is 19.1 Å². The fourth-order valence-corrected chi connectivity index (χ4v) is 5.01. The number of hydrogen-bond donors (Lipinski definition) is 1. The molecule has 2 aromatic rings. The molecule has 6 heteroatoms. The Kier molecular flexibility index (Phi) is 5.36. The van der Waals surface area contributed by atoms with Gasteiger partial charge < -0.3 is 9.47 Å². The van der Waals surface area contributed by atoms with Crippen molar-refractivity contribution in [1.29, 1.82) is 0 Å². The van der Waals surface area contributed by atoms with Crippen molar-refractivity contribution in [1.82, 2.24) is 5.32 Å². The number of halogens is 1. The van der Waals surface area contributed by atoms with Gasteiger partial charge in [-0.05, 0) is 36.2 Å². The molecule has 1 spiro atoms. The molecule has 0 unspecified atom stereocenters. The first-order valence-electron chi connectivity index (χ1n) is 9.89. The van der Waals surface area contributed by atoms with E-state index in [1.165, 1.54) is 7.11 Å². The highest BCUT2D eigenvalue weighted by molar-refractivity contribution is 6.30. The summed E-state index contributed by atoms with van der Waals surface area (Å²) in [6, 6.07) is 13.7. The molecule has 1 saturated heterocycles. The summed E-state index contributed by atoms with van der Waals surface area (Å²) in [5, 5.41) is 4.03. The Labute approximate surface area is 175 Å². The lowest BCUT2D eigenvalue weighted by Gasteiger charge is -2.41. The molecule has 0 bridgehead atoms. The summed E-state index contributed by atoms with van der Waals surface area (Å²) < 4.78 is 11.2. The lowest BCUT2D eigenvalue weighted by Crippen LogP contribution is -2.49. The molecule has 152 valence electrons. The highest BCUT2D eigenvalue weighted by Gasteiger charge is 2.63. The second-order valence-electron chi connectivity index (χ2n) is 7.70. The van der Waals surface area contributed by atoms with Gasteiger partial charge in [0, 0.05) is 17.0 Å². The van der Waals surface area contributed by atoms with E-state index in [-0.39, 0.29) is 30.3 Å². The third-order valence-corrected chi connectivity index (χ3v) is 6.46. The predicted octanol–water partition coefficient (Wildman–Crippen LogP) is 4.20. The lowest BCUT2D eigenvalue weighted by molar-refractivity contribution is -0.144. The van der Waals surface area contributed by atoms with Crippen molar-refractivity contribution in [2.45, 2.75) is 31.8 Å². The Balaban J connectivity index is 1.88. The molecule has 1 N–H and O–H groups in total. The molecule has 2 aliphatic rings. The van der Waals surface area contributed by atoms with Gasteiger partial charge in [0.25, 0.3) is 0 Å². The van der Waals surface area contributed by atoms with Crippen molar-refractivity contribution in [2.24, 2.45) is 11.3 Å². The van der Waals surface area contributed by atoms with Crippen LogP contribution in [0.3, 0.4) is 0 Å². The number of methoxy groups -OCH3 is 1. The van der Waals surface area contributed by atoms with E-state index in [1.807, 2.05) is 30.3 Å². The number of rotatable bonds is 4. The number of para-hydroxylation sites is 1. The molecule has 0 radical (unpaired) electrons. The molecule has 0 amide bonds. The minimum Gasteiger partial charge on any atom is -0.492 e. The summed E-state index contributed by atoms with van der Waals surface area (Å²) in [6.07, 6.45) is 1.54. The molecule has 5 nitrogen and oxygen atoms in total. The molecule has 0 aliphatic carbocycles. The van der Waals surface area contributed by atoms with E-state index in [2.05, 4.69) is 12.2 Å². The predicted molar refractivity (Wildman–Crippen MR) is 110 cm³/mol. The van der Waals surface area contributed by atoms with Gasteiger partial charge in [-0.1, -0.05) is 49.2 Å². The van der Waals surface area contributed by atoms with Crippen LogP contribution in [0.4, 0.5) is 0 Å². The minimum atomic E-state index is -0.906. The van der Waals surface area contributed by atoms with Crippen LogP contribution in [0, 0.1) is 11.3 Å². The quantitative estimate of drug-likeness (QED) is 0.761. The van der Waals surface area contributed by atoms with Gasteiger partial charge in [-0.25, -0.2) is 0 Å². The fraction of sp³-hybridized carbons (Fsp3) is 0.391. The summed E-state index contributed by atoms with van der Waals surface area (Å²) in [7, 11) is 1.38. The normalized spacial score (nSPS) is 28.1. The monoisotopic (exact) mass is 413 g/mol. The number of benzene rings is 2. The third kappa shape index (κ3) is 3.13. The Morgan fingerprint density at radius 2 is 1.97 bits per heavy atom. The zero-order valence-corrected chi connectivity index (χ0v) is 17.2. The van der Waals surface area contributed by atoms with E-state index in [9.17, 15) is 9.59 Å². The van der Waals surface area contributed by atoms with Crippen LogP contribution in [0.15, 0.2) is 48.5 Å². The van der Waals surface area contributed by atoms with Gasteiger partial charge >= 0.3 is 5.97 Å². The molecule has 2 aliphatic heterocycles. The van der Waals surface area contributed by atoms with Gasteiger partial charge in [-0.15, -0.1) is 0 Å². The van der Waals surface area contributed by atoms with Crippen molar-refractivity contribution in [3.05, 3.63) is 64.7 Å². The van der Waals surface area contributed by atoms with Gasteiger partial charge in [0.2, 0.25) is 0 Å². The molecule has 4 atom stereocenters. The van der Waals surface area contributed by atoms with Crippen LogP contribution in [0.25, 0.3) is 0 Å². The molecule has 29 heavy (non-hydrogen) atoms. The maximum absolute atomic E-state index is 13.9. The van der Waals surface area contributed by atoms with E-state index in [4.69, 9.17) is 21.1 Å². The number of ketones is 1. The second kappa shape index (κ2) is 7.81. The van der Waals surface area contributed by atoms with Gasteiger partial charge in [0.05, 0.1) is 18.1 Å². The molecular weight excluding hydrogens is 390 g/mol. The van der Waals surface area contributed by atoms with Crippen LogP contribution >= 0.6 is 11.6 Å². The number of carbonyl (C=O) groups is 2. The Hall–Kier alpha value is -2.37. The molecule has 1 fully saturated rings. The lowest BCUT2D eigenvalue weighted by atomic mass is 9.63. The average molecular weight is 414 g/mol. The highest BCUT2D eigenvalue weighted by Crippen LogP contribution is 2.54. The first-order chi connectivity index (χ1) is 14.0. The maximum atomic E-state index is 13.9. The maximum Gasteiger partial charge on any atom is 0.323 e. The van der Waals surface area contributed by atoms with Gasteiger partial charge in [-0.3, -0.25) is 14.9 Å². The first-order valence-corrected chi connectivity index (χ1v) is 10.3. The number of hydrogen-bond acceptors (Lipinski definition) is 5. The van der Waals surface area contributed by atoms with E-state index < -0.39 is 11.5 Å². The first kappa shape index (κ1) is 19.9. The van der Waals surface area contributed by atoms with E-state index in [0.717, 1.165) is 12.0 Å². The van der Waals surface area contributed by atoms with Crippen LogP contribution in [0.1, 0.15) is 41.7 Å². The molecule has 2 aromatic carbocycles. The zero-order chi connectivity index (χ0) is 20.6. The van der Waals surface area contributed by atoms with E-state index in [0.29, 0.717) is 22.8 Å². The van der Waals surface area contributed by atoms with Crippen LogP contribution in [-0.2, 0) is 9.53 Å². The summed E-state index contributed by atoms with van der Waals surface area (Å²) in [4.78, 5) is 26.6. The Morgan fingerprint density at radius 3 is 2.66 bits per heavy atom. The molecule has 2 heterocycles. The van der Waals surface area contributed by atoms with E-state index in [1.54, 1.807) is 18.2 Å². The van der Waals surface area contributed by atoms with Gasteiger partial charge in [-0.2, -0.15) is 0 Å². The third-order valence-electron chi connectivity index (χ3n) is 6.20. The van der Waals surface area contributed by atoms with Crippen molar-refractivity contribution in [3.8, 4) is 5.75 Å². The molecule has 0 aromatic heterocycles. The van der Waals surface area contributed by atoms with Gasteiger partial charge in [0.1, 0.15) is 18.4 Å². The number of nitrogens with one attached hydrogen (secondary N) is 1. The molecular formula is C23H24ClNO4. The average Bonchev–Trinajstić information content (AvgIpc) is 3.06. The molecule has 4 rings (SSSR count). The van der Waals surface area contributed by atoms with Crippen LogP contribution in [0.2, 0.25) is 5.02 Å². The zero-order valence-electron chi connectivity index (χ0n) is 16.5. The Bertz CT molecular complexity index is 929. The number of esters is 1. The fourth-order valence-electron chi connectivity index (χ4n) is 4.88. The Morgan fingerprint density at radius 1 is 1.24 bits per heavy atom. The standard InChI is InChI=1S/C23H24ClNO4/c1-3-6-17-19(22(27)28-2)25-20(14-9-11-15(24)12-10-14)23(17)13-29-18-8-5-4-7-16(18)21(23)26/h4-5,7-12,17,19-20,25H,3,6,13H2,1-2H3/t17-,19+,20+,23+/m0/s1. The van der Waals surface area contributed by atoms with Crippen LogP contribution < -0.4 is 10.1 Å². The molecule has 0 saturated carbocycles. The highest BCUT2D eigenvalue weighted by atomic mass is 35.5. The number of carbonyl (C=O) groups excluding carboxylic acids is 2. The largest absolute Gasteiger partial charge is 0.492 e. The topological polar surface area (TPSA) is 64.6 Å². The van der Waals surface area contributed by atoms with Crippen molar-refractivity contribution in [3.63, 3.8) is 0 Å². The van der Waals surface area contributed by atoms with Gasteiger partial charge in [0.15, 0.2) is 5.78 Å². The summed E-state index contributed by atoms with van der Waals surface area (Å²) in [6.45, 7) is 2.26. The SMILES string of the molecule is CCC[C@H]1[C@H](C(=O)OC)N[C@H](c2ccc(Cl)cc2)[C@@]12COc1ccccc1C2=O. The number of Topliss-reactive ketones (excluding diaryl/α,β-unsaturated/α-hetero) is 1. The van der Waals surface area contributed by atoms with Crippen molar-refractivity contribution >= 4 is 23.4 Å².